The van der Waals surface area contributed by atoms with Gasteiger partial charge in [0.2, 0.25) is 5.82 Å². The SMILES string of the molecule is CC1(C)CC2CC(C)(CN2c2nc[nH]c(=O)c2[N+](=O)[O-])C1. The number of aromatic amines is 1. The number of anilines is 1. The highest BCUT2D eigenvalue weighted by Gasteiger charge is 2.51. The molecule has 0 amide bonds. The monoisotopic (exact) mass is 292 g/mol. The lowest BCUT2D eigenvalue weighted by Gasteiger charge is -2.39. The topological polar surface area (TPSA) is 92.1 Å². The lowest BCUT2D eigenvalue weighted by Crippen LogP contribution is -2.35. The Morgan fingerprint density at radius 2 is 2.14 bits per heavy atom. The van der Waals surface area contributed by atoms with Crippen LogP contribution in [0.25, 0.3) is 0 Å². The molecule has 1 aliphatic carbocycles. The maximum Gasteiger partial charge on any atom is 0.375 e. The van der Waals surface area contributed by atoms with Gasteiger partial charge in [-0.3, -0.25) is 14.9 Å². The third-order valence-electron chi connectivity index (χ3n) is 4.68. The van der Waals surface area contributed by atoms with Gasteiger partial charge in [0.25, 0.3) is 0 Å². The first kappa shape index (κ1) is 14.0. The van der Waals surface area contributed by atoms with E-state index in [1.165, 1.54) is 6.33 Å². The van der Waals surface area contributed by atoms with E-state index < -0.39 is 16.2 Å². The number of fused-ring (bicyclic) bond motifs is 2. The lowest BCUT2D eigenvalue weighted by atomic mass is 9.65. The number of nitro groups is 1. The van der Waals surface area contributed by atoms with Gasteiger partial charge in [0, 0.05) is 12.6 Å². The van der Waals surface area contributed by atoms with Crippen LogP contribution in [0.2, 0.25) is 0 Å². The first-order valence-corrected chi connectivity index (χ1v) is 7.20. The highest BCUT2D eigenvalue weighted by molar-refractivity contribution is 5.58. The molecule has 2 fully saturated rings. The van der Waals surface area contributed by atoms with Crippen molar-refractivity contribution in [3.05, 3.63) is 26.8 Å². The summed E-state index contributed by atoms with van der Waals surface area (Å²) in [4.78, 5) is 30.7. The number of hydrogen-bond donors (Lipinski definition) is 1. The summed E-state index contributed by atoms with van der Waals surface area (Å²) in [5, 5.41) is 11.2. The van der Waals surface area contributed by atoms with Crippen LogP contribution in [-0.2, 0) is 0 Å². The Hall–Kier alpha value is -1.92. The fraction of sp³-hybridized carbons (Fsp3) is 0.714. The lowest BCUT2D eigenvalue weighted by molar-refractivity contribution is -0.385. The quantitative estimate of drug-likeness (QED) is 0.665. The van der Waals surface area contributed by atoms with Crippen LogP contribution in [0.3, 0.4) is 0 Å². The van der Waals surface area contributed by atoms with Gasteiger partial charge in [-0.15, -0.1) is 0 Å². The second-order valence-corrected chi connectivity index (χ2v) is 7.50. The summed E-state index contributed by atoms with van der Waals surface area (Å²) in [5.41, 5.74) is -0.783. The van der Waals surface area contributed by atoms with Crippen LogP contribution >= 0.6 is 0 Å². The van der Waals surface area contributed by atoms with E-state index in [0.717, 1.165) is 25.8 Å². The summed E-state index contributed by atoms with van der Waals surface area (Å²) in [6.07, 6.45) is 4.31. The smallest absolute Gasteiger partial charge is 0.347 e. The van der Waals surface area contributed by atoms with Crippen LogP contribution in [0.15, 0.2) is 11.1 Å². The first-order chi connectivity index (χ1) is 9.71. The molecule has 2 atom stereocenters. The van der Waals surface area contributed by atoms with Crippen molar-refractivity contribution in [1.29, 1.82) is 0 Å². The minimum absolute atomic E-state index is 0.130. The Kier molecular flexibility index (Phi) is 2.86. The molecule has 1 aromatic rings. The van der Waals surface area contributed by atoms with E-state index in [2.05, 4.69) is 30.7 Å². The van der Waals surface area contributed by atoms with Crippen molar-refractivity contribution in [3.8, 4) is 0 Å². The van der Waals surface area contributed by atoms with Gasteiger partial charge in [-0.25, -0.2) is 4.98 Å². The Morgan fingerprint density at radius 3 is 2.81 bits per heavy atom. The third-order valence-corrected chi connectivity index (χ3v) is 4.68. The summed E-state index contributed by atoms with van der Waals surface area (Å²) >= 11 is 0. The maximum atomic E-state index is 11.8. The molecule has 114 valence electrons. The molecule has 0 spiro atoms. The van der Waals surface area contributed by atoms with Gasteiger partial charge in [-0.05, 0) is 30.1 Å². The van der Waals surface area contributed by atoms with E-state index in [9.17, 15) is 14.9 Å². The standard InChI is InChI=1S/C14H20N4O3/c1-13(2)4-9-5-14(3,6-13)7-17(9)11-10(18(20)21)12(19)16-8-15-11/h8-9H,4-7H2,1-3H3,(H,15,16,19). The molecule has 21 heavy (non-hydrogen) atoms. The highest BCUT2D eigenvalue weighted by Crippen LogP contribution is 2.53. The summed E-state index contributed by atoms with van der Waals surface area (Å²) < 4.78 is 0. The molecule has 0 aromatic carbocycles. The number of rotatable bonds is 2. The summed E-state index contributed by atoms with van der Waals surface area (Å²) in [6, 6.07) is 0.215. The molecule has 2 heterocycles. The molecule has 3 rings (SSSR count). The predicted molar refractivity (Wildman–Crippen MR) is 78.4 cm³/mol. The Morgan fingerprint density at radius 1 is 1.43 bits per heavy atom. The van der Waals surface area contributed by atoms with E-state index >= 15 is 0 Å². The third kappa shape index (κ3) is 2.30. The van der Waals surface area contributed by atoms with Gasteiger partial charge in [0.05, 0.1) is 11.3 Å². The zero-order chi connectivity index (χ0) is 15.4. The minimum atomic E-state index is -0.684. The fourth-order valence-corrected chi connectivity index (χ4v) is 4.47. The van der Waals surface area contributed by atoms with Crippen molar-refractivity contribution < 1.29 is 4.92 Å². The van der Waals surface area contributed by atoms with Crippen LogP contribution in [0.1, 0.15) is 40.0 Å². The van der Waals surface area contributed by atoms with E-state index in [1.807, 2.05) is 4.90 Å². The van der Waals surface area contributed by atoms with E-state index in [1.54, 1.807) is 0 Å². The molecule has 1 saturated carbocycles. The average Bonchev–Trinajstić information content (AvgIpc) is 2.57. The average molecular weight is 292 g/mol. The van der Waals surface area contributed by atoms with Crippen LogP contribution in [-0.4, -0.2) is 27.5 Å². The van der Waals surface area contributed by atoms with Gasteiger partial charge in [-0.2, -0.15) is 0 Å². The molecular formula is C14H20N4O3. The summed E-state index contributed by atoms with van der Waals surface area (Å²) in [5.74, 6) is 0.218. The number of nitrogens with one attached hydrogen (secondary N) is 1. The van der Waals surface area contributed by atoms with E-state index in [0.29, 0.717) is 0 Å². The number of hydrogen-bond acceptors (Lipinski definition) is 5. The molecule has 7 nitrogen and oxygen atoms in total. The van der Waals surface area contributed by atoms with Crippen LogP contribution in [0.5, 0.6) is 0 Å². The predicted octanol–water partition coefficient (Wildman–Crippen LogP) is 2.08. The second kappa shape index (κ2) is 4.29. The van der Waals surface area contributed by atoms with E-state index in [4.69, 9.17) is 0 Å². The molecule has 1 saturated heterocycles. The van der Waals surface area contributed by atoms with Crippen molar-refractivity contribution in [2.75, 3.05) is 11.4 Å². The van der Waals surface area contributed by atoms with Crippen molar-refractivity contribution in [3.63, 3.8) is 0 Å². The van der Waals surface area contributed by atoms with E-state index in [-0.39, 0.29) is 22.7 Å². The molecule has 7 heteroatoms. The van der Waals surface area contributed by atoms with Gasteiger partial charge >= 0.3 is 11.2 Å². The molecule has 2 aliphatic rings. The minimum Gasteiger partial charge on any atom is -0.347 e. The molecule has 1 N–H and O–H groups in total. The van der Waals surface area contributed by atoms with Gasteiger partial charge in [0.15, 0.2) is 0 Å². The molecule has 1 aromatic heterocycles. The van der Waals surface area contributed by atoms with Crippen LogP contribution in [0, 0.1) is 20.9 Å². The Labute approximate surface area is 122 Å². The van der Waals surface area contributed by atoms with Crippen molar-refractivity contribution in [1.82, 2.24) is 9.97 Å². The largest absolute Gasteiger partial charge is 0.375 e. The number of aromatic nitrogens is 2. The molecule has 1 aliphatic heterocycles. The molecule has 0 radical (unpaired) electrons. The molecule has 2 bridgehead atoms. The Balaban J connectivity index is 2.06. The van der Waals surface area contributed by atoms with Gasteiger partial charge < -0.3 is 9.88 Å². The summed E-state index contributed by atoms with van der Waals surface area (Å²) in [6.45, 7) is 7.42. The highest BCUT2D eigenvalue weighted by atomic mass is 16.6. The first-order valence-electron chi connectivity index (χ1n) is 7.20. The van der Waals surface area contributed by atoms with Crippen molar-refractivity contribution in [2.24, 2.45) is 10.8 Å². The zero-order valence-corrected chi connectivity index (χ0v) is 12.5. The van der Waals surface area contributed by atoms with Gasteiger partial charge in [0.1, 0.15) is 0 Å². The zero-order valence-electron chi connectivity index (χ0n) is 12.5. The fourth-order valence-electron chi connectivity index (χ4n) is 4.47. The number of H-pyrrole nitrogens is 1. The van der Waals surface area contributed by atoms with Gasteiger partial charge in [-0.1, -0.05) is 20.8 Å². The van der Waals surface area contributed by atoms with Crippen molar-refractivity contribution in [2.45, 2.75) is 46.1 Å². The second-order valence-electron chi connectivity index (χ2n) is 7.50. The number of nitrogens with zero attached hydrogens (tertiary/aromatic N) is 3. The summed E-state index contributed by atoms with van der Waals surface area (Å²) in [7, 11) is 0. The molecule has 2 unspecified atom stereocenters. The van der Waals surface area contributed by atoms with Crippen molar-refractivity contribution >= 4 is 11.5 Å². The normalized spacial score (nSPS) is 30.4. The van der Waals surface area contributed by atoms with Crippen LogP contribution < -0.4 is 10.5 Å². The molecular weight excluding hydrogens is 272 g/mol. The van der Waals surface area contributed by atoms with Crippen LogP contribution in [0.4, 0.5) is 11.5 Å². The maximum absolute atomic E-state index is 11.8. The Bertz CT molecular complexity index is 654.